The quantitative estimate of drug-likeness (QED) is 0.221. The maximum absolute atomic E-state index is 13.0. The normalized spacial score (nSPS) is 18.7. The number of carbonyl (C=O) groups excluding carboxylic acids is 2. The Morgan fingerprint density at radius 3 is 2.57 bits per heavy atom. The Morgan fingerprint density at radius 2 is 1.89 bits per heavy atom. The molecule has 0 bridgehead atoms. The first-order valence-electron chi connectivity index (χ1n) is 15.8. The van der Waals surface area contributed by atoms with Gasteiger partial charge in [0.15, 0.2) is 4.34 Å². The van der Waals surface area contributed by atoms with Gasteiger partial charge in [0, 0.05) is 67.7 Å². The Hall–Kier alpha value is -2.54. The Labute approximate surface area is 296 Å². The minimum absolute atomic E-state index is 0.0281. The summed E-state index contributed by atoms with van der Waals surface area (Å²) < 4.78 is 14.3. The van der Waals surface area contributed by atoms with Crippen LogP contribution in [0.3, 0.4) is 0 Å². The number of nitrogens with one attached hydrogen (secondary N) is 1. The molecule has 9 nitrogen and oxygen atoms in total. The van der Waals surface area contributed by atoms with Crippen molar-refractivity contribution in [1.82, 2.24) is 19.1 Å². The van der Waals surface area contributed by atoms with E-state index in [9.17, 15) is 9.59 Å². The van der Waals surface area contributed by atoms with Crippen LogP contribution in [0.1, 0.15) is 59.9 Å². The number of aromatic nitrogens is 1. The van der Waals surface area contributed by atoms with Crippen molar-refractivity contribution in [3.63, 3.8) is 0 Å². The summed E-state index contributed by atoms with van der Waals surface area (Å²) in [6.45, 7) is 14.5. The largest absolute Gasteiger partial charge is 0.444 e. The molecule has 2 aliphatic rings. The lowest BCUT2D eigenvalue weighted by Gasteiger charge is -2.37. The van der Waals surface area contributed by atoms with Crippen molar-refractivity contribution in [2.45, 2.75) is 88.7 Å². The van der Waals surface area contributed by atoms with Gasteiger partial charge in [-0.3, -0.25) is 18.9 Å². The number of hydrogen-bond acceptors (Lipinski definition) is 9. The third kappa shape index (κ3) is 9.33. The Balaban J connectivity index is 1.17. The zero-order valence-corrected chi connectivity index (χ0v) is 30.9. The van der Waals surface area contributed by atoms with Crippen molar-refractivity contribution >= 4 is 64.2 Å². The van der Waals surface area contributed by atoms with Crippen molar-refractivity contribution in [3.8, 4) is 11.3 Å². The summed E-state index contributed by atoms with van der Waals surface area (Å²) in [5, 5.41) is 6.63. The first-order valence-corrected chi connectivity index (χ1v) is 18.2. The molecule has 0 unspecified atom stereocenters. The lowest BCUT2D eigenvalue weighted by atomic mass is 10.0. The van der Waals surface area contributed by atoms with Gasteiger partial charge in [-0.05, 0) is 77.3 Å². The van der Waals surface area contributed by atoms with E-state index in [4.69, 9.17) is 37.7 Å². The van der Waals surface area contributed by atoms with Gasteiger partial charge in [0.1, 0.15) is 11.3 Å². The van der Waals surface area contributed by atoms with E-state index >= 15 is 0 Å². The zero-order valence-electron chi connectivity index (χ0n) is 27.7. The molecule has 1 N–H and O–H groups in total. The molecule has 2 fully saturated rings. The predicted molar refractivity (Wildman–Crippen MR) is 191 cm³/mol. The van der Waals surface area contributed by atoms with E-state index in [0.717, 1.165) is 59.3 Å². The summed E-state index contributed by atoms with van der Waals surface area (Å²) in [6.07, 6.45) is 1.38. The van der Waals surface area contributed by atoms with E-state index in [2.05, 4.69) is 16.3 Å². The van der Waals surface area contributed by atoms with E-state index in [1.54, 1.807) is 11.8 Å². The summed E-state index contributed by atoms with van der Waals surface area (Å²) in [5.41, 5.74) is 2.50. The third-order valence-electron chi connectivity index (χ3n) is 8.11. The fraction of sp³-hybridized carbons (Fsp3) is 0.500. The Bertz CT molecular complexity index is 1570. The number of rotatable bonds is 9. The molecule has 0 radical (unpaired) electrons. The lowest BCUT2D eigenvalue weighted by Crippen LogP contribution is -2.51. The van der Waals surface area contributed by atoms with E-state index in [0.29, 0.717) is 23.2 Å². The van der Waals surface area contributed by atoms with Crippen LogP contribution in [0.15, 0.2) is 52.2 Å². The first kappa shape index (κ1) is 35.8. The van der Waals surface area contributed by atoms with Gasteiger partial charge in [0.2, 0.25) is 5.91 Å². The molecule has 2 aliphatic heterocycles. The van der Waals surface area contributed by atoms with E-state index in [-0.39, 0.29) is 24.1 Å². The van der Waals surface area contributed by atoms with Crippen LogP contribution in [0.4, 0.5) is 10.5 Å². The van der Waals surface area contributed by atoms with E-state index in [1.807, 2.05) is 80.7 Å². The highest BCUT2D eigenvalue weighted by Crippen LogP contribution is 2.35. The van der Waals surface area contributed by atoms with Crippen LogP contribution in [-0.4, -0.2) is 80.7 Å². The van der Waals surface area contributed by atoms with Crippen LogP contribution in [0, 0.1) is 0 Å². The van der Waals surface area contributed by atoms with Crippen LogP contribution in [0.25, 0.3) is 11.3 Å². The number of carbonyl (C=O) groups is 2. The summed E-state index contributed by atoms with van der Waals surface area (Å²) in [4.78, 5) is 34.7. The SMILES string of the molecule is CC(=O)N(Sc1nc(-c2cccc(NC[C@@H]3COC(C)(C)N3C(=O)OC(C)(C)C)c2)cs1)C1CCN(Cc2ccc(Cl)c(Cl)c2)CC1. The van der Waals surface area contributed by atoms with E-state index in [1.165, 1.54) is 23.3 Å². The molecule has 13 heteroatoms. The second-order valence-corrected chi connectivity index (χ2v) is 16.3. The van der Waals surface area contributed by atoms with Crippen molar-refractivity contribution in [1.29, 1.82) is 0 Å². The van der Waals surface area contributed by atoms with Crippen LogP contribution in [0.5, 0.6) is 0 Å². The van der Waals surface area contributed by atoms with Gasteiger partial charge >= 0.3 is 6.09 Å². The molecule has 1 aromatic heterocycles. The molecule has 3 aromatic rings. The van der Waals surface area contributed by atoms with Crippen LogP contribution in [-0.2, 0) is 20.8 Å². The van der Waals surface area contributed by atoms with Crippen molar-refractivity contribution in [2.24, 2.45) is 0 Å². The van der Waals surface area contributed by atoms with Gasteiger partial charge < -0.3 is 14.8 Å². The summed E-state index contributed by atoms with van der Waals surface area (Å²) >= 11 is 15.2. The molecule has 5 rings (SSSR count). The maximum Gasteiger partial charge on any atom is 0.412 e. The fourth-order valence-corrected chi connectivity index (χ4v) is 8.08. The highest BCUT2D eigenvalue weighted by Gasteiger charge is 2.45. The smallest absolute Gasteiger partial charge is 0.412 e. The Kier molecular flexibility index (Phi) is 11.4. The highest BCUT2D eigenvalue weighted by molar-refractivity contribution is 7.99. The summed E-state index contributed by atoms with van der Waals surface area (Å²) in [7, 11) is 0. The average molecular weight is 721 g/mol. The van der Waals surface area contributed by atoms with Crippen molar-refractivity contribution in [3.05, 3.63) is 63.5 Å². The molecule has 47 heavy (non-hydrogen) atoms. The fourth-order valence-electron chi connectivity index (χ4n) is 5.86. The van der Waals surface area contributed by atoms with Crippen molar-refractivity contribution < 1.29 is 19.1 Å². The number of benzene rings is 2. The number of amides is 2. The molecule has 1 atom stereocenters. The topological polar surface area (TPSA) is 87.2 Å². The number of nitrogens with zero attached hydrogens (tertiary/aromatic N) is 4. The average Bonchev–Trinajstić information content (AvgIpc) is 3.60. The van der Waals surface area contributed by atoms with Gasteiger partial charge in [-0.25, -0.2) is 9.78 Å². The van der Waals surface area contributed by atoms with Gasteiger partial charge in [0.05, 0.1) is 28.4 Å². The standard InChI is InChI=1S/C34H43Cl2N5O4S2/c1-22(42)41(26-12-14-39(15-13-26)19-23-10-11-28(35)29(36)16-23)47-31-38-30(21-46-31)24-8-7-9-25(17-24)37-18-27-20-44-34(5,6)40(27)32(43)45-33(2,3)4/h7-11,16-17,21,26-27,37H,12-15,18-20H2,1-6H3/t27-/m1/s1. The number of piperidine rings is 1. The number of hydrogen-bond donors (Lipinski definition) is 1. The minimum Gasteiger partial charge on any atom is -0.444 e. The number of thiazole rings is 1. The minimum atomic E-state index is -0.762. The van der Waals surface area contributed by atoms with Gasteiger partial charge in [-0.1, -0.05) is 41.4 Å². The van der Waals surface area contributed by atoms with Crippen LogP contribution < -0.4 is 5.32 Å². The highest BCUT2D eigenvalue weighted by atomic mass is 35.5. The van der Waals surface area contributed by atoms with E-state index < -0.39 is 11.3 Å². The molecule has 254 valence electrons. The lowest BCUT2D eigenvalue weighted by molar-refractivity contribution is -0.125. The molecule has 3 heterocycles. The zero-order chi connectivity index (χ0) is 33.9. The summed E-state index contributed by atoms with van der Waals surface area (Å²) in [6, 6.07) is 13.8. The monoisotopic (exact) mass is 719 g/mol. The van der Waals surface area contributed by atoms with Crippen LogP contribution >= 0.6 is 46.5 Å². The second kappa shape index (κ2) is 14.9. The number of ether oxygens (including phenoxy) is 2. The molecule has 0 aliphatic carbocycles. The molecule has 0 spiro atoms. The number of likely N-dealkylation sites (tertiary alicyclic amines) is 1. The molecule has 2 aromatic carbocycles. The number of halogens is 2. The van der Waals surface area contributed by atoms with Gasteiger partial charge in [0.25, 0.3) is 0 Å². The van der Waals surface area contributed by atoms with Gasteiger partial charge in [-0.2, -0.15) is 0 Å². The predicted octanol–water partition coefficient (Wildman–Crippen LogP) is 8.42. The molecule has 2 amide bonds. The molecular formula is C34H43Cl2N5O4S2. The molecule has 0 saturated carbocycles. The second-order valence-electron chi connectivity index (χ2n) is 13.4. The number of anilines is 1. The van der Waals surface area contributed by atoms with Gasteiger partial charge in [-0.15, -0.1) is 11.3 Å². The third-order valence-corrected chi connectivity index (χ3v) is 11.0. The van der Waals surface area contributed by atoms with Crippen molar-refractivity contribution in [2.75, 3.05) is 31.6 Å². The molecular weight excluding hydrogens is 677 g/mol. The van der Waals surface area contributed by atoms with Crippen LogP contribution in [0.2, 0.25) is 10.0 Å². The maximum atomic E-state index is 13.0. The Morgan fingerprint density at radius 1 is 1.15 bits per heavy atom. The molecule has 2 saturated heterocycles. The summed E-state index contributed by atoms with van der Waals surface area (Å²) in [5.74, 6) is 0.0281. The first-order chi connectivity index (χ1) is 22.2.